The summed E-state index contributed by atoms with van der Waals surface area (Å²) in [6.45, 7) is 0. The van der Waals surface area contributed by atoms with Gasteiger partial charge in [-0.1, -0.05) is 58.5 Å². The first-order valence-corrected chi connectivity index (χ1v) is 7.58. The number of nitrogens with one attached hydrogen (secondary N) is 1. The Balaban J connectivity index is 2.31. The molecule has 0 aliphatic rings. The van der Waals surface area contributed by atoms with Crippen LogP contribution in [0.2, 0.25) is 20.1 Å². The van der Waals surface area contributed by atoms with Crippen molar-refractivity contribution in [3.05, 3.63) is 67.6 Å². The van der Waals surface area contributed by atoms with E-state index >= 15 is 0 Å². The molecule has 0 heterocycles. The van der Waals surface area contributed by atoms with Gasteiger partial charge in [0.25, 0.3) is 0 Å². The van der Waals surface area contributed by atoms with Gasteiger partial charge in [-0.3, -0.25) is 0 Å². The molecule has 0 aromatic heterocycles. The molecule has 0 aliphatic heterocycles. The highest BCUT2D eigenvalue weighted by molar-refractivity contribution is 6.42. The predicted molar refractivity (Wildman–Crippen MR) is 88.4 cm³/mol. The topological polar surface area (TPSA) is 12.0 Å². The van der Waals surface area contributed by atoms with Crippen molar-refractivity contribution < 1.29 is 0 Å². The lowest BCUT2D eigenvalue weighted by molar-refractivity contribution is 0.592. The summed E-state index contributed by atoms with van der Waals surface area (Å²) < 4.78 is 0. The SMILES string of the molecule is CNC(Cc1cccc(Cl)c1Cl)c1cc(Cl)cc(Cl)c1. The third kappa shape index (κ3) is 3.81. The van der Waals surface area contributed by atoms with E-state index in [4.69, 9.17) is 46.4 Å². The van der Waals surface area contributed by atoms with Gasteiger partial charge < -0.3 is 5.32 Å². The maximum absolute atomic E-state index is 6.23. The summed E-state index contributed by atoms with van der Waals surface area (Å²) in [7, 11) is 1.89. The zero-order chi connectivity index (χ0) is 14.7. The first kappa shape index (κ1) is 15.9. The van der Waals surface area contributed by atoms with Crippen LogP contribution in [0.1, 0.15) is 17.2 Å². The molecule has 1 atom stereocenters. The summed E-state index contributed by atoms with van der Waals surface area (Å²) in [6, 6.07) is 11.2. The van der Waals surface area contributed by atoms with E-state index in [1.807, 2.05) is 31.3 Å². The van der Waals surface area contributed by atoms with Crippen LogP contribution in [-0.4, -0.2) is 7.05 Å². The summed E-state index contributed by atoms with van der Waals surface area (Å²) in [4.78, 5) is 0. The van der Waals surface area contributed by atoms with Crippen LogP contribution in [0.5, 0.6) is 0 Å². The molecular formula is C15H13Cl4N. The van der Waals surface area contributed by atoms with E-state index < -0.39 is 0 Å². The Kier molecular flexibility index (Phi) is 5.59. The van der Waals surface area contributed by atoms with Crippen molar-refractivity contribution in [3.8, 4) is 0 Å². The van der Waals surface area contributed by atoms with Crippen molar-refractivity contribution >= 4 is 46.4 Å². The lowest BCUT2D eigenvalue weighted by Gasteiger charge is -2.18. The van der Waals surface area contributed by atoms with Gasteiger partial charge in [0.2, 0.25) is 0 Å². The second kappa shape index (κ2) is 7.02. The van der Waals surface area contributed by atoms with Gasteiger partial charge in [-0.25, -0.2) is 0 Å². The largest absolute Gasteiger partial charge is 0.313 e. The predicted octanol–water partition coefficient (Wildman–Crippen LogP) is 5.80. The minimum absolute atomic E-state index is 0.0576. The van der Waals surface area contributed by atoms with Crippen molar-refractivity contribution in [1.82, 2.24) is 5.32 Å². The second-order valence-electron chi connectivity index (χ2n) is 4.46. The Morgan fingerprint density at radius 3 is 2.25 bits per heavy atom. The third-order valence-electron chi connectivity index (χ3n) is 3.09. The van der Waals surface area contributed by atoms with Crippen LogP contribution < -0.4 is 5.32 Å². The van der Waals surface area contributed by atoms with Gasteiger partial charge in [0.05, 0.1) is 10.0 Å². The zero-order valence-electron chi connectivity index (χ0n) is 10.8. The van der Waals surface area contributed by atoms with E-state index in [1.54, 1.807) is 12.1 Å². The van der Waals surface area contributed by atoms with Crippen LogP contribution >= 0.6 is 46.4 Å². The number of likely N-dealkylation sites (N-methyl/N-ethyl adjacent to an activating group) is 1. The Hall–Kier alpha value is -0.440. The van der Waals surface area contributed by atoms with E-state index in [-0.39, 0.29) is 6.04 Å². The van der Waals surface area contributed by atoms with E-state index in [0.717, 1.165) is 11.1 Å². The Morgan fingerprint density at radius 1 is 1.00 bits per heavy atom. The lowest BCUT2D eigenvalue weighted by atomic mass is 9.99. The molecule has 106 valence electrons. The van der Waals surface area contributed by atoms with Gasteiger partial charge >= 0.3 is 0 Å². The monoisotopic (exact) mass is 347 g/mol. The smallest absolute Gasteiger partial charge is 0.0624 e. The fourth-order valence-electron chi connectivity index (χ4n) is 2.09. The molecule has 2 aromatic carbocycles. The second-order valence-corrected chi connectivity index (χ2v) is 6.12. The van der Waals surface area contributed by atoms with E-state index in [0.29, 0.717) is 26.5 Å². The van der Waals surface area contributed by atoms with E-state index in [1.165, 1.54) is 0 Å². The quantitative estimate of drug-likeness (QED) is 0.735. The minimum atomic E-state index is 0.0576. The zero-order valence-corrected chi connectivity index (χ0v) is 13.8. The Bertz CT molecular complexity index is 593. The molecule has 0 saturated carbocycles. The molecule has 2 aromatic rings. The fraction of sp³-hybridized carbons (Fsp3) is 0.200. The standard InChI is InChI=1S/C15H13Cl4N/c1-20-14(10-5-11(16)8-12(17)6-10)7-9-3-2-4-13(18)15(9)19/h2-6,8,14,20H,7H2,1H3. The maximum atomic E-state index is 6.23. The van der Waals surface area contributed by atoms with Crippen molar-refractivity contribution in [2.45, 2.75) is 12.5 Å². The molecule has 0 bridgehead atoms. The maximum Gasteiger partial charge on any atom is 0.0624 e. The first-order valence-electron chi connectivity index (χ1n) is 6.07. The molecule has 5 heteroatoms. The molecule has 0 amide bonds. The van der Waals surface area contributed by atoms with Gasteiger partial charge in [-0.05, 0) is 48.9 Å². The molecule has 0 spiro atoms. The molecule has 0 radical (unpaired) electrons. The highest BCUT2D eigenvalue weighted by atomic mass is 35.5. The highest BCUT2D eigenvalue weighted by Gasteiger charge is 2.14. The van der Waals surface area contributed by atoms with Crippen LogP contribution in [-0.2, 0) is 6.42 Å². The first-order chi connectivity index (χ1) is 9.51. The van der Waals surface area contributed by atoms with Crippen LogP contribution in [0.3, 0.4) is 0 Å². The van der Waals surface area contributed by atoms with Crippen LogP contribution in [0.15, 0.2) is 36.4 Å². The Morgan fingerprint density at radius 2 is 1.65 bits per heavy atom. The van der Waals surface area contributed by atoms with Gasteiger partial charge in [0, 0.05) is 16.1 Å². The van der Waals surface area contributed by atoms with Crippen molar-refractivity contribution in [2.75, 3.05) is 7.05 Å². The highest BCUT2D eigenvalue weighted by Crippen LogP contribution is 2.30. The number of halogens is 4. The van der Waals surface area contributed by atoms with Crippen LogP contribution in [0, 0.1) is 0 Å². The molecule has 2 rings (SSSR count). The summed E-state index contributed by atoms with van der Waals surface area (Å²) >= 11 is 24.4. The summed E-state index contributed by atoms with van der Waals surface area (Å²) in [5.74, 6) is 0. The van der Waals surface area contributed by atoms with Gasteiger partial charge in [-0.15, -0.1) is 0 Å². The molecule has 0 fully saturated rings. The third-order valence-corrected chi connectivity index (χ3v) is 4.39. The normalized spacial score (nSPS) is 12.4. The van der Waals surface area contributed by atoms with Crippen molar-refractivity contribution in [3.63, 3.8) is 0 Å². The summed E-state index contributed by atoms with van der Waals surface area (Å²) in [5.41, 5.74) is 2.00. The molecule has 0 aliphatic carbocycles. The van der Waals surface area contributed by atoms with Crippen molar-refractivity contribution in [1.29, 1.82) is 0 Å². The fourth-order valence-corrected chi connectivity index (χ4v) is 3.03. The Labute approximate surface area is 138 Å². The van der Waals surface area contributed by atoms with E-state index in [9.17, 15) is 0 Å². The molecule has 20 heavy (non-hydrogen) atoms. The number of hydrogen-bond acceptors (Lipinski definition) is 1. The molecule has 0 saturated heterocycles. The number of rotatable bonds is 4. The number of hydrogen-bond donors (Lipinski definition) is 1. The van der Waals surface area contributed by atoms with Gasteiger partial charge in [-0.2, -0.15) is 0 Å². The number of benzene rings is 2. The molecule has 1 nitrogen and oxygen atoms in total. The van der Waals surface area contributed by atoms with Crippen molar-refractivity contribution in [2.24, 2.45) is 0 Å². The lowest BCUT2D eigenvalue weighted by Crippen LogP contribution is -2.19. The van der Waals surface area contributed by atoms with Gasteiger partial charge in [0.1, 0.15) is 0 Å². The van der Waals surface area contributed by atoms with Crippen LogP contribution in [0.25, 0.3) is 0 Å². The average molecular weight is 349 g/mol. The molecule has 1 unspecified atom stereocenters. The minimum Gasteiger partial charge on any atom is -0.313 e. The summed E-state index contributed by atoms with van der Waals surface area (Å²) in [5, 5.41) is 5.62. The van der Waals surface area contributed by atoms with E-state index in [2.05, 4.69) is 5.32 Å². The van der Waals surface area contributed by atoms with Gasteiger partial charge in [0.15, 0.2) is 0 Å². The summed E-state index contributed by atoms with van der Waals surface area (Å²) in [6.07, 6.45) is 0.701. The average Bonchev–Trinajstić information content (AvgIpc) is 2.39. The van der Waals surface area contributed by atoms with Crippen LogP contribution in [0.4, 0.5) is 0 Å². The molecular weight excluding hydrogens is 336 g/mol. The molecule has 1 N–H and O–H groups in total.